The molecule has 0 N–H and O–H groups in total. The Bertz CT molecular complexity index is 444. The Morgan fingerprint density at radius 2 is 0.667 bits per heavy atom. The standard InChI is InChI=1S/3C7H14N2.3CH4/c1-8-4-7-3-6(8)5-9(7)2;2*1-8-4-6-3-7(5-8)9(6)2;;;/h3*6-7H,3-5H2,1-2H3;3*1H4. The van der Waals surface area contributed by atoms with Crippen molar-refractivity contribution in [3.8, 4) is 0 Å². The second kappa shape index (κ2) is 11.1. The van der Waals surface area contributed by atoms with Gasteiger partial charge in [0.05, 0.1) is 0 Å². The Morgan fingerprint density at radius 1 is 0.400 bits per heavy atom. The minimum absolute atomic E-state index is 0. The highest BCUT2D eigenvalue weighted by molar-refractivity contribution is 4.99. The van der Waals surface area contributed by atoms with Crippen LogP contribution in [0.25, 0.3) is 0 Å². The van der Waals surface area contributed by atoms with Crippen LogP contribution in [-0.4, -0.2) is 147 Å². The van der Waals surface area contributed by atoms with Gasteiger partial charge in [-0.2, -0.15) is 0 Å². The van der Waals surface area contributed by atoms with Crippen LogP contribution in [-0.2, 0) is 0 Å². The van der Waals surface area contributed by atoms with Crippen molar-refractivity contribution in [1.82, 2.24) is 29.4 Å². The summed E-state index contributed by atoms with van der Waals surface area (Å²) in [5.74, 6) is 0. The lowest BCUT2D eigenvalue weighted by atomic mass is 9.89. The lowest BCUT2D eigenvalue weighted by Gasteiger charge is -2.54. The van der Waals surface area contributed by atoms with E-state index in [1.165, 1.54) is 58.5 Å². The van der Waals surface area contributed by atoms with Gasteiger partial charge in [-0.3, -0.25) is 9.80 Å². The molecule has 0 aliphatic carbocycles. The van der Waals surface area contributed by atoms with Crippen LogP contribution >= 0.6 is 0 Å². The van der Waals surface area contributed by atoms with E-state index in [1.807, 2.05) is 0 Å². The summed E-state index contributed by atoms with van der Waals surface area (Å²) < 4.78 is 0. The van der Waals surface area contributed by atoms with Crippen LogP contribution in [0.2, 0.25) is 0 Å². The first-order valence-electron chi connectivity index (χ1n) is 11.0. The molecule has 0 saturated carbocycles. The summed E-state index contributed by atoms with van der Waals surface area (Å²) in [4.78, 5) is 14.8. The molecule has 0 radical (unpaired) electrons. The number of likely N-dealkylation sites (N-methyl/N-ethyl adjacent to an activating group) is 6. The minimum atomic E-state index is 0. The van der Waals surface area contributed by atoms with Gasteiger partial charge >= 0.3 is 0 Å². The minimum Gasteiger partial charge on any atom is -0.303 e. The predicted molar refractivity (Wildman–Crippen MR) is 133 cm³/mol. The van der Waals surface area contributed by atoms with Crippen LogP contribution < -0.4 is 0 Å². The molecule has 6 bridgehead atoms. The van der Waals surface area contributed by atoms with Crippen LogP contribution in [0, 0.1) is 0 Å². The average molecular weight is 427 g/mol. The van der Waals surface area contributed by atoms with Crippen molar-refractivity contribution in [3.05, 3.63) is 0 Å². The molecule has 0 aromatic carbocycles. The monoisotopic (exact) mass is 426 g/mol. The number of hydrogen-bond donors (Lipinski definition) is 0. The maximum Gasteiger partial charge on any atom is 0.0238 e. The number of fused-ring (bicyclic) bond motifs is 6. The summed E-state index contributed by atoms with van der Waals surface area (Å²) in [6.45, 7) is 7.72. The first-order chi connectivity index (χ1) is 12.8. The second-order valence-electron chi connectivity index (χ2n) is 10.3. The van der Waals surface area contributed by atoms with Gasteiger partial charge in [-0.05, 0) is 61.5 Å². The van der Waals surface area contributed by atoms with Crippen molar-refractivity contribution in [1.29, 1.82) is 0 Å². The van der Waals surface area contributed by atoms with E-state index in [2.05, 4.69) is 71.7 Å². The molecule has 6 unspecified atom stereocenters. The summed E-state index contributed by atoms with van der Waals surface area (Å²) in [6, 6.07) is 5.28. The zero-order chi connectivity index (χ0) is 19.3. The first kappa shape index (κ1) is 27.8. The molecule has 0 amide bonds. The maximum atomic E-state index is 2.50. The van der Waals surface area contributed by atoms with Gasteiger partial charge in [0.25, 0.3) is 0 Å². The Labute approximate surface area is 189 Å². The zero-order valence-electron chi connectivity index (χ0n) is 18.5. The molecule has 8 rings (SSSR count). The fourth-order valence-electron chi connectivity index (χ4n) is 6.08. The van der Waals surface area contributed by atoms with Crippen LogP contribution in [0.15, 0.2) is 0 Å². The SMILES string of the molecule is C.C.C.CN1CC2CC(C1)N2C.CN1CC2CC(C1)N2C.CN1CC2CC1CN2C. The third-order valence-corrected chi connectivity index (χ3v) is 8.27. The van der Waals surface area contributed by atoms with E-state index in [9.17, 15) is 0 Å². The molecule has 8 saturated heterocycles. The van der Waals surface area contributed by atoms with Crippen molar-refractivity contribution >= 4 is 0 Å². The summed E-state index contributed by atoms with van der Waals surface area (Å²) in [6.07, 6.45) is 4.30. The fourth-order valence-corrected chi connectivity index (χ4v) is 6.08. The van der Waals surface area contributed by atoms with E-state index in [0.29, 0.717) is 0 Å². The molecule has 8 heterocycles. The molecule has 8 aliphatic rings. The molecule has 6 nitrogen and oxygen atoms in total. The predicted octanol–water partition coefficient (Wildman–Crippen LogP) is 1.92. The number of rotatable bonds is 0. The van der Waals surface area contributed by atoms with Gasteiger partial charge < -0.3 is 19.6 Å². The molecule has 8 fully saturated rings. The lowest BCUT2D eigenvalue weighted by molar-refractivity contribution is -0.0408. The van der Waals surface area contributed by atoms with Crippen LogP contribution in [0.5, 0.6) is 0 Å². The van der Waals surface area contributed by atoms with Gasteiger partial charge in [-0.15, -0.1) is 0 Å². The number of piperidine rings is 2. The van der Waals surface area contributed by atoms with Crippen molar-refractivity contribution in [2.24, 2.45) is 0 Å². The van der Waals surface area contributed by atoms with E-state index < -0.39 is 0 Å². The molecule has 30 heavy (non-hydrogen) atoms. The van der Waals surface area contributed by atoms with Crippen LogP contribution in [0.3, 0.4) is 0 Å². The van der Waals surface area contributed by atoms with E-state index >= 15 is 0 Å². The molecule has 8 aliphatic heterocycles. The van der Waals surface area contributed by atoms with E-state index in [-0.39, 0.29) is 22.3 Å². The first-order valence-corrected chi connectivity index (χ1v) is 11.0. The van der Waals surface area contributed by atoms with Crippen LogP contribution in [0.1, 0.15) is 41.5 Å². The number of piperazine rings is 3. The fraction of sp³-hybridized carbons (Fsp3) is 1.00. The van der Waals surface area contributed by atoms with Gasteiger partial charge in [-0.25, -0.2) is 0 Å². The van der Waals surface area contributed by atoms with Crippen molar-refractivity contribution in [2.75, 3.05) is 81.6 Å². The highest BCUT2D eigenvalue weighted by atomic mass is 15.3. The smallest absolute Gasteiger partial charge is 0.0238 e. The van der Waals surface area contributed by atoms with E-state index in [0.717, 1.165) is 36.3 Å². The molecule has 6 heteroatoms. The average Bonchev–Trinajstić information content (AvgIpc) is 3.20. The lowest BCUT2D eigenvalue weighted by Crippen LogP contribution is -2.66. The van der Waals surface area contributed by atoms with Gasteiger partial charge in [0.2, 0.25) is 0 Å². The third-order valence-electron chi connectivity index (χ3n) is 8.27. The number of hydrogen-bond acceptors (Lipinski definition) is 6. The molecule has 0 aromatic rings. The molecule has 6 atom stereocenters. The molecule has 0 aromatic heterocycles. The summed E-state index contributed by atoms with van der Waals surface area (Å²) >= 11 is 0. The van der Waals surface area contributed by atoms with Crippen molar-refractivity contribution < 1.29 is 0 Å². The van der Waals surface area contributed by atoms with Gasteiger partial charge in [0.15, 0.2) is 0 Å². The summed E-state index contributed by atoms with van der Waals surface area (Å²) in [7, 11) is 13.4. The third kappa shape index (κ3) is 5.57. The molecule has 180 valence electrons. The molecule has 0 spiro atoms. The van der Waals surface area contributed by atoms with Gasteiger partial charge in [-0.1, -0.05) is 22.3 Å². The Kier molecular flexibility index (Phi) is 10.2. The zero-order valence-corrected chi connectivity index (χ0v) is 18.5. The van der Waals surface area contributed by atoms with Crippen molar-refractivity contribution in [3.63, 3.8) is 0 Å². The summed E-state index contributed by atoms with van der Waals surface area (Å²) in [5.41, 5.74) is 0. The number of nitrogens with zero attached hydrogens (tertiary/aromatic N) is 6. The quantitative estimate of drug-likeness (QED) is 0.585. The highest BCUT2D eigenvalue weighted by Crippen LogP contribution is 2.30. The topological polar surface area (TPSA) is 19.4 Å². The Balaban J connectivity index is 0.000000214. The molecular formula is C24H54N6. The van der Waals surface area contributed by atoms with Gasteiger partial charge in [0.1, 0.15) is 0 Å². The normalized spacial score (nSPS) is 40.2. The second-order valence-corrected chi connectivity index (χ2v) is 10.3. The Morgan fingerprint density at radius 3 is 0.833 bits per heavy atom. The Hall–Kier alpha value is -0.240. The van der Waals surface area contributed by atoms with Crippen molar-refractivity contribution in [2.45, 2.75) is 77.8 Å². The number of likely N-dealkylation sites (tertiary alicyclic amines) is 2. The van der Waals surface area contributed by atoms with E-state index in [1.54, 1.807) is 0 Å². The van der Waals surface area contributed by atoms with Gasteiger partial charge in [0, 0.05) is 75.5 Å². The largest absolute Gasteiger partial charge is 0.303 e. The van der Waals surface area contributed by atoms with Crippen LogP contribution in [0.4, 0.5) is 0 Å². The summed E-state index contributed by atoms with van der Waals surface area (Å²) in [5, 5.41) is 0. The maximum absolute atomic E-state index is 2.50. The molecular weight excluding hydrogens is 372 g/mol. The van der Waals surface area contributed by atoms with E-state index in [4.69, 9.17) is 0 Å². The highest BCUT2D eigenvalue weighted by Gasteiger charge is 2.41.